The van der Waals surface area contributed by atoms with Crippen LogP contribution in [0.4, 0.5) is 0 Å². The van der Waals surface area contributed by atoms with Crippen LogP contribution >= 0.6 is 11.3 Å². The summed E-state index contributed by atoms with van der Waals surface area (Å²) >= 11 is 1.79. The lowest BCUT2D eigenvalue weighted by Gasteiger charge is -2.19. The predicted molar refractivity (Wildman–Crippen MR) is 72.2 cm³/mol. The SMILES string of the molecule is CCCNCc1nnc(CC2CCCCC2)s1. The lowest BCUT2D eigenvalue weighted by atomic mass is 9.87. The molecule has 0 bridgehead atoms. The summed E-state index contributed by atoms with van der Waals surface area (Å²) in [7, 11) is 0. The van der Waals surface area contributed by atoms with E-state index in [1.165, 1.54) is 43.5 Å². The van der Waals surface area contributed by atoms with Crippen LogP contribution in [-0.4, -0.2) is 16.7 Å². The Labute approximate surface area is 108 Å². The quantitative estimate of drug-likeness (QED) is 0.791. The Morgan fingerprint density at radius 2 is 1.94 bits per heavy atom. The van der Waals surface area contributed by atoms with Gasteiger partial charge in [0.1, 0.15) is 10.0 Å². The van der Waals surface area contributed by atoms with E-state index in [0.717, 1.165) is 30.4 Å². The van der Waals surface area contributed by atoms with Crippen LogP contribution < -0.4 is 5.32 Å². The Bertz CT molecular complexity index is 318. The van der Waals surface area contributed by atoms with Crippen LogP contribution in [0.5, 0.6) is 0 Å². The van der Waals surface area contributed by atoms with E-state index >= 15 is 0 Å². The highest BCUT2D eigenvalue weighted by molar-refractivity contribution is 7.11. The monoisotopic (exact) mass is 253 g/mol. The molecule has 0 aromatic carbocycles. The number of nitrogens with zero attached hydrogens (tertiary/aromatic N) is 2. The molecule has 0 radical (unpaired) electrons. The predicted octanol–water partition coefficient (Wildman–Crippen LogP) is 3.16. The van der Waals surface area contributed by atoms with Crippen molar-refractivity contribution in [3.8, 4) is 0 Å². The third-order valence-electron chi connectivity index (χ3n) is 3.40. The molecule has 1 aliphatic carbocycles. The van der Waals surface area contributed by atoms with Crippen LogP contribution in [0.2, 0.25) is 0 Å². The first-order chi connectivity index (χ1) is 8.38. The van der Waals surface area contributed by atoms with Gasteiger partial charge < -0.3 is 5.32 Å². The lowest BCUT2D eigenvalue weighted by Crippen LogP contribution is -2.13. The minimum Gasteiger partial charge on any atom is -0.310 e. The fourth-order valence-electron chi connectivity index (χ4n) is 2.45. The summed E-state index contributed by atoms with van der Waals surface area (Å²) in [5.74, 6) is 0.869. The standard InChI is InChI=1S/C13H23N3S/c1-2-8-14-10-13-16-15-12(17-13)9-11-6-4-3-5-7-11/h11,14H,2-10H2,1H3. The van der Waals surface area contributed by atoms with Crippen molar-refractivity contribution in [3.05, 3.63) is 10.0 Å². The zero-order valence-corrected chi connectivity index (χ0v) is 11.6. The van der Waals surface area contributed by atoms with Gasteiger partial charge in [-0.3, -0.25) is 0 Å². The summed E-state index contributed by atoms with van der Waals surface area (Å²) in [6.07, 6.45) is 9.37. The van der Waals surface area contributed by atoms with Crippen molar-refractivity contribution in [2.24, 2.45) is 5.92 Å². The van der Waals surface area contributed by atoms with E-state index in [1.54, 1.807) is 11.3 Å². The molecule has 1 saturated carbocycles. The third-order valence-corrected chi connectivity index (χ3v) is 4.35. The highest BCUT2D eigenvalue weighted by Gasteiger charge is 2.16. The molecule has 4 heteroatoms. The minimum absolute atomic E-state index is 0.869. The highest BCUT2D eigenvalue weighted by Crippen LogP contribution is 2.27. The van der Waals surface area contributed by atoms with Crippen molar-refractivity contribution >= 4 is 11.3 Å². The molecule has 0 unspecified atom stereocenters. The second kappa shape index (κ2) is 7.07. The summed E-state index contributed by atoms with van der Waals surface area (Å²) < 4.78 is 0. The molecule has 2 rings (SSSR count). The zero-order valence-electron chi connectivity index (χ0n) is 10.7. The molecule has 96 valence electrons. The van der Waals surface area contributed by atoms with E-state index in [2.05, 4.69) is 22.4 Å². The fraction of sp³-hybridized carbons (Fsp3) is 0.846. The van der Waals surface area contributed by atoms with Crippen LogP contribution in [0.25, 0.3) is 0 Å². The van der Waals surface area contributed by atoms with Gasteiger partial charge in [-0.05, 0) is 18.9 Å². The first kappa shape index (κ1) is 13.0. The Morgan fingerprint density at radius 3 is 2.71 bits per heavy atom. The number of aromatic nitrogens is 2. The van der Waals surface area contributed by atoms with Gasteiger partial charge in [0.15, 0.2) is 0 Å². The molecular formula is C13H23N3S. The van der Waals surface area contributed by atoms with Gasteiger partial charge in [-0.25, -0.2) is 0 Å². The maximum Gasteiger partial charge on any atom is 0.131 e. The van der Waals surface area contributed by atoms with Crippen molar-refractivity contribution < 1.29 is 0 Å². The van der Waals surface area contributed by atoms with Gasteiger partial charge in [0.25, 0.3) is 0 Å². The number of hydrogen-bond acceptors (Lipinski definition) is 4. The Kier molecular flexibility index (Phi) is 5.39. The zero-order chi connectivity index (χ0) is 11.9. The molecule has 1 aromatic heterocycles. The average Bonchev–Trinajstić information content (AvgIpc) is 2.79. The number of hydrogen-bond donors (Lipinski definition) is 1. The normalized spacial score (nSPS) is 17.5. The molecule has 0 spiro atoms. The van der Waals surface area contributed by atoms with Crippen LogP contribution in [-0.2, 0) is 13.0 Å². The van der Waals surface area contributed by atoms with Crippen molar-refractivity contribution in [2.45, 2.75) is 58.4 Å². The van der Waals surface area contributed by atoms with Gasteiger partial charge >= 0.3 is 0 Å². The minimum atomic E-state index is 0.869. The number of nitrogens with one attached hydrogen (secondary N) is 1. The number of rotatable bonds is 6. The van der Waals surface area contributed by atoms with Crippen LogP contribution in [0.3, 0.4) is 0 Å². The van der Waals surface area contributed by atoms with E-state index < -0.39 is 0 Å². The van der Waals surface area contributed by atoms with Crippen LogP contribution in [0, 0.1) is 5.92 Å². The Balaban J connectivity index is 1.76. The molecule has 1 aromatic rings. The third kappa shape index (κ3) is 4.36. The van der Waals surface area contributed by atoms with Crippen molar-refractivity contribution in [1.82, 2.24) is 15.5 Å². The van der Waals surface area contributed by atoms with Gasteiger partial charge in [-0.15, -0.1) is 21.5 Å². The Hall–Kier alpha value is -0.480. The molecule has 1 heterocycles. The van der Waals surface area contributed by atoms with Crippen molar-refractivity contribution in [1.29, 1.82) is 0 Å². The first-order valence-corrected chi connectivity index (χ1v) is 7.72. The second-order valence-corrected chi connectivity index (χ2v) is 6.12. The summed E-state index contributed by atoms with van der Waals surface area (Å²) in [6, 6.07) is 0. The molecule has 3 nitrogen and oxygen atoms in total. The summed E-state index contributed by atoms with van der Waals surface area (Å²) in [4.78, 5) is 0. The smallest absolute Gasteiger partial charge is 0.131 e. The molecule has 1 fully saturated rings. The largest absolute Gasteiger partial charge is 0.310 e. The van der Waals surface area contributed by atoms with Gasteiger partial charge in [0.2, 0.25) is 0 Å². The Morgan fingerprint density at radius 1 is 1.18 bits per heavy atom. The van der Waals surface area contributed by atoms with Crippen LogP contribution in [0.15, 0.2) is 0 Å². The average molecular weight is 253 g/mol. The van der Waals surface area contributed by atoms with Crippen molar-refractivity contribution in [2.75, 3.05) is 6.54 Å². The lowest BCUT2D eigenvalue weighted by molar-refractivity contribution is 0.356. The first-order valence-electron chi connectivity index (χ1n) is 6.90. The van der Waals surface area contributed by atoms with Gasteiger partial charge in [0, 0.05) is 13.0 Å². The van der Waals surface area contributed by atoms with Gasteiger partial charge in [-0.1, -0.05) is 39.0 Å². The van der Waals surface area contributed by atoms with Crippen LogP contribution in [0.1, 0.15) is 55.5 Å². The molecule has 0 amide bonds. The molecule has 0 aliphatic heterocycles. The molecule has 17 heavy (non-hydrogen) atoms. The van der Waals surface area contributed by atoms with E-state index in [0.29, 0.717) is 0 Å². The second-order valence-electron chi connectivity index (χ2n) is 4.97. The molecule has 1 aliphatic rings. The molecule has 1 N–H and O–H groups in total. The van der Waals surface area contributed by atoms with E-state index in [1.807, 2.05) is 0 Å². The maximum absolute atomic E-state index is 4.32. The van der Waals surface area contributed by atoms with Crippen molar-refractivity contribution in [3.63, 3.8) is 0 Å². The topological polar surface area (TPSA) is 37.8 Å². The molecular weight excluding hydrogens is 230 g/mol. The molecule has 0 atom stereocenters. The maximum atomic E-state index is 4.32. The summed E-state index contributed by atoms with van der Waals surface area (Å²) in [6.45, 7) is 4.13. The fourth-order valence-corrected chi connectivity index (χ4v) is 3.38. The van der Waals surface area contributed by atoms with E-state index in [9.17, 15) is 0 Å². The van der Waals surface area contributed by atoms with E-state index in [-0.39, 0.29) is 0 Å². The highest BCUT2D eigenvalue weighted by atomic mass is 32.1. The molecule has 0 saturated heterocycles. The summed E-state index contributed by atoms with van der Waals surface area (Å²) in [5, 5.41) is 14.3. The van der Waals surface area contributed by atoms with E-state index in [4.69, 9.17) is 0 Å². The van der Waals surface area contributed by atoms with Gasteiger partial charge in [-0.2, -0.15) is 0 Å². The summed E-state index contributed by atoms with van der Waals surface area (Å²) in [5.41, 5.74) is 0. The van der Waals surface area contributed by atoms with Gasteiger partial charge in [0.05, 0.1) is 0 Å².